The Morgan fingerprint density at radius 3 is 2.18 bits per heavy atom. The SMILES string of the molecule is [CH2-]CC[SiH](C)OC(C)C.[Cl-].[Mg+2]. The molecule has 0 spiro atoms. The van der Waals surface area contributed by atoms with Gasteiger partial charge in [-0.05, 0) is 20.4 Å². The summed E-state index contributed by atoms with van der Waals surface area (Å²) in [7, 11) is -0.823. The van der Waals surface area contributed by atoms with Gasteiger partial charge in [-0.3, -0.25) is 0 Å². The van der Waals surface area contributed by atoms with Gasteiger partial charge >= 0.3 is 23.1 Å². The fraction of sp³-hybridized carbons (Fsp3) is 0.857. The zero-order valence-corrected chi connectivity index (χ0v) is 11.1. The molecule has 0 heterocycles. The smallest absolute Gasteiger partial charge is 1.00 e. The van der Waals surface area contributed by atoms with Gasteiger partial charge in [0.1, 0.15) is 0 Å². The van der Waals surface area contributed by atoms with Crippen molar-refractivity contribution in [2.75, 3.05) is 0 Å². The fourth-order valence-electron chi connectivity index (χ4n) is 0.820. The van der Waals surface area contributed by atoms with E-state index >= 15 is 0 Å². The van der Waals surface area contributed by atoms with Gasteiger partial charge in [0.15, 0.2) is 9.04 Å². The maximum atomic E-state index is 5.59. The van der Waals surface area contributed by atoms with Gasteiger partial charge in [-0.1, -0.05) is 6.04 Å². The van der Waals surface area contributed by atoms with E-state index < -0.39 is 9.04 Å². The minimum Gasteiger partial charge on any atom is -1.00 e. The van der Waals surface area contributed by atoms with Crippen LogP contribution in [-0.2, 0) is 4.43 Å². The van der Waals surface area contributed by atoms with Crippen molar-refractivity contribution in [3.8, 4) is 0 Å². The third-order valence-corrected chi connectivity index (χ3v) is 3.35. The zero-order valence-electron chi connectivity index (χ0n) is 7.77. The molecule has 0 radical (unpaired) electrons. The minimum atomic E-state index is -0.823. The van der Waals surface area contributed by atoms with Gasteiger partial charge in [-0.15, -0.1) is 0 Å². The fourth-order valence-corrected chi connectivity index (χ4v) is 2.46. The van der Waals surface area contributed by atoms with E-state index in [4.69, 9.17) is 4.43 Å². The first kappa shape index (κ1) is 18.1. The second kappa shape index (κ2) is 11.2. The average molecular weight is 205 g/mol. The summed E-state index contributed by atoms with van der Waals surface area (Å²) in [5.74, 6) is 0. The molecule has 0 N–H and O–H groups in total. The van der Waals surface area contributed by atoms with Crippen LogP contribution in [0.1, 0.15) is 20.3 Å². The zero-order chi connectivity index (χ0) is 7.28. The third-order valence-electron chi connectivity index (χ3n) is 1.12. The number of rotatable bonds is 4. The topological polar surface area (TPSA) is 9.23 Å². The van der Waals surface area contributed by atoms with Crippen molar-refractivity contribution in [3.05, 3.63) is 6.92 Å². The first-order valence-corrected chi connectivity index (χ1v) is 6.05. The number of hydrogen-bond acceptors (Lipinski definition) is 1. The van der Waals surface area contributed by atoms with E-state index in [-0.39, 0.29) is 35.5 Å². The van der Waals surface area contributed by atoms with Crippen molar-refractivity contribution in [2.24, 2.45) is 0 Å². The van der Waals surface area contributed by atoms with Crippen molar-refractivity contribution in [3.63, 3.8) is 0 Å². The number of hydrogen-bond donors (Lipinski definition) is 0. The summed E-state index contributed by atoms with van der Waals surface area (Å²) in [5, 5.41) is 0. The Labute approximate surface area is 94.6 Å². The van der Waals surface area contributed by atoms with E-state index in [1.165, 1.54) is 6.04 Å². The van der Waals surface area contributed by atoms with Crippen molar-refractivity contribution in [1.29, 1.82) is 0 Å². The molecule has 1 unspecified atom stereocenters. The van der Waals surface area contributed by atoms with Crippen molar-refractivity contribution in [2.45, 2.75) is 39.0 Å². The molecule has 4 heteroatoms. The molecule has 0 aliphatic rings. The first-order chi connectivity index (χ1) is 4.16. The van der Waals surface area contributed by atoms with Crippen LogP contribution in [0.15, 0.2) is 0 Å². The van der Waals surface area contributed by atoms with E-state index in [1.54, 1.807) is 0 Å². The van der Waals surface area contributed by atoms with Gasteiger partial charge in [-0.25, -0.2) is 0 Å². The van der Waals surface area contributed by atoms with Gasteiger partial charge in [0.2, 0.25) is 0 Å². The summed E-state index contributed by atoms with van der Waals surface area (Å²) in [6, 6.07) is 1.21. The molecule has 1 atom stereocenters. The Bertz CT molecular complexity index is 73.5. The molecule has 0 aliphatic heterocycles. The maximum Gasteiger partial charge on any atom is 2.00 e. The van der Waals surface area contributed by atoms with Gasteiger partial charge in [-0.2, -0.15) is 6.42 Å². The molecule has 0 saturated heterocycles. The van der Waals surface area contributed by atoms with Gasteiger partial charge < -0.3 is 23.8 Å². The Balaban J connectivity index is -0.000000320. The molecular formula is C7H17ClMgOSi. The molecule has 1 nitrogen and oxygen atoms in total. The van der Waals surface area contributed by atoms with Gasteiger partial charge in [0.05, 0.1) is 0 Å². The molecule has 0 bridgehead atoms. The predicted octanol–water partition coefficient (Wildman–Crippen LogP) is -1.39. The van der Waals surface area contributed by atoms with Crippen LogP contribution in [0.25, 0.3) is 0 Å². The molecule has 0 aliphatic carbocycles. The summed E-state index contributed by atoms with van der Waals surface area (Å²) >= 11 is 0. The van der Waals surface area contributed by atoms with E-state index in [0.29, 0.717) is 6.10 Å². The van der Waals surface area contributed by atoms with Crippen LogP contribution in [0.5, 0.6) is 0 Å². The second-order valence-electron chi connectivity index (χ2n) is 2.64. The van der Waals surface area contributed by atoms with E-state index in [1.807, 2.05) is 0 Å². The van der Waals surface area contributed by atoms with Crippen LogP contribution in [0.3, 0.4) is 0 Å². The van der Waals surface area contributed by atoms with Crippen LogP contribution >= 0.6 is 0 Å². The largest absolute Gasteiger partial charge is 2.00 e. The molecule has 0 aromatic rings. The van der Waals surface area contributed by atoms with Gasteiger partial charge in [0.25, 0.3) is 0 Å². The molecular weight excluding hydrogens is 188 g/mol. The molecule has 0 rings (SSSR count). The number of halogens is 1. The van der Waals surface area contributed by atoms with Crippen LogP contribution < -0.4 is 12.4 Å². The van der Waals surface area contributed by atoms with Crippen molar-refractivity contribution >= 4 is 32.1 Å². The normalized spacial score (nSPS) is 11.7. The summed E-state index contributed by atoms with van der Waals surface area (Å²) < 4.78 is 5.59. The Morgan fingerprint density at radius 1 is 1.45 bits per heavy atom. The van der Waals surface area contributed by atoms with E-state index in [9.17, 15) is 0 Å². The first-order valence-electron chi connectivity index (χ1n) is 3.61. The summed E-state index contributed by atoms with van der Waals surface area (Å²) in [6.07, 6.45) is 1.44. The average Bonchev–Trinajstić information content (AvgIpc) is 1.63. The van der Waals surface area contributed by atoms with Gasteiger partial charge in [0, 0.05) is 6.10 Å². The summed E-state index contributed by atoms with van der Waals surface area (Å²) in [5.41, 5.74) is 0. The van der Waals surface area contributed by atoms with Crippen LogP contribution in [0.4, 0.5) is 0 Å². The predicted molar refractivity (Wildman–Crippen MR) is 49.8 cm³/mol. The quantitative estimate of drug-likeness (QED) is 0.405. The van der Waals surface area contributed by atoms with Crippen LogP contribution in [0.2, 0.25) is 12.6 Å². The minimum absolute atomic E-state index is 0. The van der Waals surface area contributed by atoms with E-state index in [2.05, 4.69) is 27.3 Å². The summed E-state index contributed by atoms with van der Waals surface area (Å²) in [4.78, 5) is 0. The standard InChI is InChI=1S/C7H17OSi.ClH.Mg/c1-5-6-9(4)8-7(2)3;;/h7,9H,1,5-6H2,2-4H3;1H;/q-1;;+2/p-1. The van der Waals surface area contributed by atoms with Crippen molar-refractivity contribution < 1.29 is 16.8 Å². The van der Waals surface area contributed by atoms with Crippen LogP contribution in [-0.4, -0.2) is 38.2 Å². The second-order valence-corrected chi connectivity index (χ2v) is 5.11. The molecule has 11 heavy (non-hydrogen) atoms. The molecule has 0 aromatic carbocycles. The molecule has 0 fully saturated rings. The maximum absolute atomic E-state index is 5.59. The Hall–Kier alpha value is 1.23. The molecule has 64 valence electrons. The Kier molecular flexibility index (Phi) is 18.5. The summed E-state index contributed by atoms with van der Waals surface area (Å²) in [6.45, 7) is 10.2. The molecule has 0 amide bonds. The molecule has 0 saturated carbocycles. The third kappa shape index (κ3) is 14.1. The van der Waals surface area contributed by atoms with Crippen LogP contribution in [0, 0.1) is 6.92 Å². The monoisotopic (exact) mass is 204 g/mol. The van der Waals surface area contributed by atoms with E-state index in [0.717, 1.165) is 6.42 Å². The molecule has 0 aromatic heterocycles. The van der Waals surface area contributed by atoms with Crippen molar-refractivity contribution in [1.82, 2.24) is 0 Å². The Morgan fingerprint density at radius 2 is 1.91 bits per heavy atom.